The van der Waals surface area contributed by atoms with Gasteiger partial charge in [-0.25, -0.2) is 4.79 Å². The zero-order chi connectivity index (χ0) is 25.0. The molecule has 4 aromatic rings. The van der Waals surface area contributed by atoms with Crippen LogP contribution in [0.25, 0.3) is 33.1 Å². The highest BCUT2D eigenvalue weighted by Crippen LogP contribution is 2.27. The van der Waals surface area contributed by atoms with Crippen molar-refractivity contribution in [2.45, 2.75) is 19.0 Å². The summed E-state index contributed by atoms with van der Waals surface area (Å²) in [5.41, 5.74) is 3.21. The Hall–Kier alpha value is -3.79. The molecule has 1 fully saturated rings. The van der Waals surface area contributed by atoms with Crippen molar-refractivity contribution in [1.82, 2.24) is 15.3 Å². The molecule has 35 heavy (non-hydrogen) atoms. The summed E-state index contributed by atoms with van der Waals surface area (Å²) in [6, 6.07) is 17.8. The summed E-state index contributed by atoms with van der Waals surface area (Å²) in [4.78, 5) is 27.8. The number of halogens is 3. The molecule has 2 aromatic heterocycles. The fraction of sp³-hybridized carbons (Fsp3) is 0.280. The van der Waals surface area contributed by atoms with Crippen molar-refractivity contribution < 1.29 is 27.8 Å². The van der Waals surface area contributed by atoms with Crippen LogP contribution in [0.4, 0.5) is 13.2 Å². The van der Waals surface area contributed by atoms with E-state index in [2.05, 4.69) is 15.3 Å². The highest BCUT2D eigenvalue weighted by Gasteiger charge is 2.38. The minimum absolute atomic E-state index is 0.0912. The Balaban J connectivity index is 0.000000364. The Kier molecular flexibility index (Phi) is 7.11. The number of ether oxygens (including phenoxy) is 1. The van der Waals surface area contributed by atoms with Crippen LogP contribution in [0.1, 0.15) is 12.8 Å². The van der Waals surface area contributed by atoms with Gasteiger partial charge < -0.3 is 25.1 Å². The Morgan fingerprint density at radius 3 is 2.49 bits per heavy atom. The predicted octanol–water partition coefficient (Wildman–Crippen LogP) is 4.69. The molecule has 0 aliphatic carbocycles. The van der Waals surface area contributed by atoms with E-state index in [1.165, 1.54) is 12.8 Å². The van der Waals surface area contributed by atoms with Crippen LogP contribution in [0, 0.1) is 5.92 Å². The first-order valence-electron chi connectivity index (χ1n) is 11.1. The van der Waals surface area contributed by atoms with Gasteiger partial charge in [0.15, 0.2) is 0 Å². The van der Waals surface area contributed by atoms with Gasteiger partial charge in [0.1, 0.15) is 5.75 Å². The number of hydrogen-bond donors (Lipinski definition) is 4. The summed E-state index contributed by atoms with van der Waals surface area (Å²) in [6.07, 6.45) is -2.65. The molecule has 1 aliphatic rings. The van der Waals surface area contributed by atoms with E-state index in [1.807, 2.05) is 54.6 Å². The lowest BCUT2D eigenvalue weighted by Gasteiger charge is -2.22. The maximum absolute atomic E-state index is 12.5. The standard InChI is InChI=1S/C23H23N3O2.C2HF3O2/c27-23-19(11-16-5-1-2-6-20(16)26-23)22-12-17-10-18(7-8-21(17)25-22)28-14-15-4-3-9-24-13-15;3-2(4,5)1(6)7/h1-2,5-8,10-12,15,24-25H,3-4,9,13-14H2,(H,26,27);(H,6,7). The molecule has 184 valence electrons. The molecule has 0 radical (unpaired) electrons. The number of nitrogens with one attached hydrogen (secondary N) is 3. The van der Waals surface area contributed by atoms with Gasteiger partial charge in [0.25, 0.3) is 5.56 Å². The van der Waals surface area contributed by atoms with Crippen molar-refractivity contribution in [2.75, 3.05) is 19.7 Å². The smallest absolute Gasteiger partial charge is 0.490 e. The number of rotatable bonds is 4. The van der Waals surface area contributed by atoms with Gasteiger partial charge in [-0.2, -0.15) is 13.2 Å². The second kappa shape index (κ2) is 10.2. The van der Waals surface area contributed by atoms with Crippen LogP contribution < -0.4 is 15.6 Å². The Bertz CT molecular complexity index is 1390. The lowest BCUT2D eigenvalue weighted by molar-refractivity contribution is -0.192. The highest BCUT2D eigenvalue weighted by atomic mass is 19.4. The number of carboxylic acids is 1. The number of pyridine rings is 1. The molecular formula is C25H24F3N3O4. The highest BCUT2D eigenvalue weighted by molar-refractivity contribution is 5.89. The van der Waals surface area contributed by atoms with Gasteiger partial charge in [-0.05, 0) is 61.2 Å². The molecule has 2 aromatic carbocycles. The molecule has 10 heteroatoms. The Labute approximate surface area is 197 Å². The molecule has 4 N–H and O–H groups in total. The predicted molar refractivity (Wildman–Crippen MR) is 127 cm³/mol. The Morgan fingerprint density at radius 2 is 1.77 bits per heavy atom. The van der Waals surface area contributed by atoms with Gasteiger partial charge in [-0.1, -0.05) is 18.2 Å². The average molecular weight is 487 g/mol. The minimum Gasteiger partial charge on any atom is -0.493 e. The molecule has 1 saturated heterocycles. The molecule has 0 saturated carbocycles. The van der Waals surface area contributed by atoms with Crippen LogP contribution in [0.2, 0.25) is 0 Å². The number of alkyl halides is 3. The molecule has 0 bridgehead atoms. The molecule has 1 unspecified atom stereocenters. The van der Waals surface area contributed by atoms with Gasteiger partial charge in [0.2, 0.25) is 0 Å². The van der Waals surface area contributed by atoms with Gasteiger partial charge in [0.05, 0.1) is 17.9 Å². The lowest BCUT2D eigenvalue weighted by atomic mass is 10.0. The third-order valence-electron chi connectivity index (χ3n) is 5.76. The van der Waals surface area contributed by atoms with Gasteiger partial charge in [-0.15, -0.1) is 0 Å². The van der Waals surface area contributed by atoms with Crippen molar-refractivity contribution in [3.63, 3.8) is 0 Å². The molecule has 0 amide bonds. The zero-order valence-corrected chi connectivity index (χ0v) is 18.6. The summed E-state index contributed by atoms with van der Waals surface area (Å²) >= 11 is 0. The van der Waals surface area contributed by atoms with Crippen LogP contribution in [0.15, 0.2) is 59.4 Å². The number of piperidine rings is 1. The summed E-state index contributed by atoms with van der Waals surface area (Å²) in [5, 5.41) is 12.6. The van der Waals surface area contributed by atoms with Crippen molar-refractivity contribution in [1.29, 1.82) is 0 Å². The molecule has 7 nitrogen and oxygen atoms in total. The van der Waals surface area contributed by atoms with Crippen LogP contribution in [0.3, 0.4) is 0 Å². The normalized spacial score (nSPS) is 16.0. The van der Waals surface area contributed by atoms with E-state index in [1.54, 1.807) is 0 Å². The van der Waals surface area contributed by atoms with Crippen molar-refractivity contribution in [3.8, 4) is 17.0 Å². The Morgan fingerprint density at radius 1 is 1.03 bits per heavy atom. The maximum Gasteiger partial charge on any atom is 0.490 e. The topological polar surface area (TPSA) is 107 Å². The number of carbonyl (C=O) groups is 1. The summed E-state index contributed by atoms with van der Waals surface area (Å²) in [5.74, 6) is -1.31. The minimum atomic E-state index is -5.08. The van der Waals surface area contributed by atoms with E-state index in [4.69, 9.17) is 14.6 Å². The third kappa shape index (κ3) is 6.02. The summed E-state index contributed by atoms with van der Waals surface area (Å²) in [7, 11) is 0. The van der Waals surface area contributed by atoms with Crippen LogP contribution in [-0.4, -0.2) is 46.9 Å². The molecule has 0 spiro atoms. The number of fused-ring (bicyclic) bond motifs is 2. The first kappa shape index (κ1) is 24.3. The fourth-order valence-electron chi connectivity index (χ4n) is 3.97. The number of aliphatic carboxylic acids is 1. The van der Waals surface area contributed by atoms with Crippen molar-refractivity contribution in [2.24, 2.45) is 5.92 Å². The van der Waals surface area contributed by atoms with E-state index >= 15 is 0 Å². The largest absolute Gasteiger partial charge is 0.493 e. The summed E-state index contributed by atoms with van der Waals surface area (Å²) < 4.78 is 37.8. The van der Waals surface area contributed by atoms with Gasteiger partial charge >= 0.3 is 12.1 Å². The third-order valence-corrected chi connectivity index (χ3v) is 5.76. The van der Waals surface area contributed by atoms with E-state index in [0.717, 1.165) is 52.9 Å². The quantitative estimate of drug-likeness (QED) is 0.334. The monoisotopic (exact) mass is 487 g/mol. The van der Waals surface area contributed by atoms with E-state index in [0.29, 0.717) is 11.5 Å². The van der Waals surface area contributed by atoms with Crippen molar-refractivity contribution in [3.05, 3.63) is 65.0 Å². The second-order valence-electron chi connectivity index (χ2n) is 8.36. The number of carboxylic acid groups (broad SMARTS) is 1. The van der Waals surface area contributed by atoms with Crippen molar-refractivity contribution >= 4 is 27.8 Å². The molecule has 3 heterocycles. The number of aromatic amines is 2. The molecule has 5 rings (SSSR count). The number of H-pyrrole nitrogens is 2. The number of aromatic nitrogens is 2. The number of para-hydroxylation sites is 1. The van der Waals surface area contributed by atoms with E-state index in [9.17, 15) is 18.0 Å². The number of benzene rings is 2. The maximum atomic E-state index is 12.5. The van der Waals surface area contributed by atoms with Gasteiger partial charge in [0, 0.05) is 28.9 Å². The molecular weight excluding hydrogens is 463 g/mol. The number of hydrogen-bond acceptors (Lipinski definition) is 4. The molecule has 1 atom stereocenters. The average Bonchev–Trinajstić information content (AvgIpc) is 3.26. The van der Waals surface area contributed by atoms with E-state index < -0.39 is 12.1 Å². The lowest BCUT2D eigenvalue weighted by Crippen LogP contribution is -2.33. The first-order valence-corrected chi connectivity index (χ1v) is 11.1. The summed E-state index contributed by atoms with van der Waals surface area (Å²) in [6.45, 7) is 2.88. The van der Waals surface area contributed by atoms with Gasteiger partial charge in [-0.3, -0.25) is 4.79 Å². The fourth-order valence-corrected chi connectivity index (χ4v) is 3.97. The van der Waals surface area contributed by atoms with E-state index in [-0.39, 0.29) is 5.56 Å². The SMILES string of the molecule is O=C(O)C(F)(F)F.O=c1[nH]c2ccccc2cc1-c1cc2cc(OCC3CCCNC3)ccc2[nH]1. The zero-order valence-electron chi connectivity index (χ0n) is 18.6. The van der Waals surface area contributed by atoms with Crippen LogP contribution >= 0.6 is 0 Å². The first-order chi connectivity index (χ1) is 16.7. The second-order valence-corrected chi connectivity index (χ2v) is 8.36. The van der Waals surface area contributed by atoms with Crippen LogP contribution in [-0.2, 0) is 4.79 Å². The van der Waals surface area contributed by atoms with Crippen LogP contribution in [0.5, 0.6) is 5.75 Å². The molecule has 1 aliphatic heterocycles.